The Kier molecular flexibility index (Phi) is 2.21. The predicted octanol–water partition coefficient (Wildman–Crippen LogP) is 2.69. The summed E-state index contributed by atoms with van der Waals surface area (Å²) in [5.41, 5.74) is -0.595. The van der Waals surface area contributed by atoms with Crippen molar-refractivity contribution < 1.29 is 18.0 Å². The van der Waals surface area contributed by atoms with Crippen molar-refractivity contribution in [1.82, 2.24) is 0 Å². The summed E-state index contributed by atoms with van der Waals surface area (Å²) < 4.78 is 36.9. The number of halogens is 3. The molecule has 2 aliphatic rings. The summed E-state index contributed by atoms with van der Waals surface area (Å²) in [5, 5.41) is 0. The lowest BCUT2D eigenvalue weighted by Crippen LogP contribution is -2.20. The molecule has 0 aromatic carbocycles. The van der Waals surface area contributed by atoms with Gasteiger partial charge in [-0.15, -0.1) is 11.8 Å². The fourth-order valence-corrected chi connectivity index (χ4v) is 2.66. The Hall–Kier alpha value is -0.710. The number of carbonyl (C=O) groups excluding carboxylic acids is 1. The zero-order chi connectivity index (χ0) is 10.3. The van der Waals surface area contributed by atoms with E-state index in [1.807, 2.05) is 0 Å². The van der Waals surface area contributed by atoms with Crippen molar-refractivity contribution in [2.45, 2.75) is 12.6 Å². The van der Waals surface area contributed by atoms with Crippen LogP contribution >= 0.6 is 11.8 Å². The Balaban J connectivity index is 2.26. The number of hydrogen-bond acceptors (Lipinski definition) is 2. The molecule has 1 saturated heterocycles. The SMILES string of the molecule is O=C1CSC2=CC=C(C(F)(F)F)CC12. The van der Waals surface area contributed by atoms with Crippen molar-refractivity contribution >= 4 is 17.5 Å². The third-order valence-electron chi connectivity index (χ3n) is 2.35. The average Bonchev–Trinajstić information content (AvgIpc) is 2.46. The molecule has 0 bridgehead atoms. The molecule has 0 amide bonds. The van der Waals surface area contributed by atoms with Gasteiger partial charge in [-0.1, -0.05) is 12.2 Å². The molecule has 0 radical (unpaired) electrons. The highest BCUT2D eigenvalue weighted by atomic mass is 32.2. The van der Waals surface area contributed by atoms with Gasteiger partial charge in [0.1, 0.15) is 0 Å². The predicted molar refractivity (Wildman–Crippen MR) is 47.8 cm³/mol. The van der Waals surface area contributed by atoms with Gasteiger partial charge in [0, 0.05) is 5.57 Å². The molecule has 0 N–H and O–H groups in total. The van der Waals surface area contributed by atoms with Crippen molar-refractivity contribution in [3.8, 4) is 0 Å². The van der Waals surface area contributed by atoms with Crippen LogP contribution in [0, 0.1) is 5.92 Å². The fraction of sp³-hybridized carbons (Fsp3) is 0.444. The van der Waals surface area contributed by atoms with Crippen LogP contribution in [0.25, 0.3) is 0 Å². The lowest BCUT2D eigenvalue weighted by Gasteiger charge is -2.18. The van der Waals surface area contributed by atoms with E-state index in [4.69, 9.17) is 0 Å². The Morgan fingerprint density at radius 2 is 2.07 bits per heavy atom. The van der Waals surface area contributed by atoms with E-state index in [0.717, 1.165) is 11.0 Å². The van der Waals surface area contributed by atoms with Crippen molar-refractivity contribution in [2.24, 2.45) is 5.92 Å². The molecule has 0 aromatic rings. The van der Waals surface area contributed by atoms with Crippen LogP contribution in [0.15, 0.2) is 22.6 Å². The first-order chi connectivity index (χ1) is 6.48. The van der Waals surface area contributed by atoms with Crippen LogP contribution in [0.5, 0.6) is 0 Å². The second-order valence-electron chi connectivity index (χ2n) is 3.27. The van der Waals surface area contributed by atoms with Crippen LogP contribution in [-0.4, -0.2) is 17.7 Å². The van der Waals surface area contributed by atoms with Crippen LogP contribution in [0.1, 0.15) is 6.42 Å². The van der Waals surface area contributed by atoms with Gasteiger partial charge in [0.25, 0.3) is 0 Å². The van der Waals surface area contributed by atoms with Crippen molar-refractivity contribution in [3.05, 3.63) is 22.6 Å². The minimum atomic E-state index is -4.30. The van der Waals surface area contributed by atoms with Crippen LogP contribution < -0.4 is 0 Å². The van der Waals surface area contributed by atoms with Gasteiger partial charge in [-0.05, 0) is 11.3 Å². The lowest BCUT2D eigenvalue weighted by molar-refractivity contribution is -0.119. The number of ketones is 1. The Morgan fingerprint density at radius 3 is 2.71 bits per heavy atom. The summed E-state index contributed by atoms with van der Waals surface area (Å²) in [6.07, 6.45) is -1.97. The third-order valence-corrected chi connectivity index (χ3v) is 3.53. The number of fused-ring (bicyclic) bond motifs is 1. The molecular weight excluding hydrogens is 213 g/mol. The van der Waals surface area contributed by atoms with Crippen LogP contribution in [0.2, 0.25) is 0 Å². The molecule has 14 heavy (non-hydrogen) atoms. The molecule has 1 nitrogen and oxygen atoms in total. The number of allylic oxidation sites excluding steroid dienone is 4. The molecule has 1 aliphatic carbocycles. The zero-order valence-corrected chi connectivity index (χ0v) is 7.91. The van der Waals surface area contributed by atoms with Gasteiger partial charge in [-0.25, -0.2) is 0 Å². The van der Waals surface area contributed by atoms with E-state index >= 15 is 0 Å². The molecule has 1 atom stereocenters. The van der Waals surface area contributed by atoms with Crippen molar-refractivity contribution in [1.29, 1.82) is 0 Å². The number of rotatable bonds is 0. The summed E-state index contributed by atoms with van der Waals surface area (Å²) in [5.74, 6) is -0.298. The molecule has 76 valence electrons. The minimum Gasteiger partial charge on any atom is -0.298 e. The van der Waals surface area contributed by atoms with E-state index in [9.17, 15) is 18.0 Å². The molecule has 5 heteroatoms. The van der Waals surface area contributed by atoms with Gasteiger partial charge in [0.05, 0.1) is 11.7 Å². The van der Waals surface area contributed by atoms with E-state index in [1.54, 1.807) is 0 Å². The number of hydrogen-bond donors (Lipinski definition) is 0. The van der Waals surface area contributed by atoms with Gasteiger partial charge < -0.3 is 0 Å². The highest BCUT2D eigenvalue weighted by Crippen LogP contribution is 2.43. The first-order valence-electron chi connectivity index (χ1n) is 4.12. The molecule has 1 fully saturated rings. The summed E-state index contributed by atoms with van der Waals surface area (Å²) in [4.78, 5) is 12.0. The molecule has 0 aromatic heterocycles. The van der Waals surface area contributed by atoms with Gasteiger partial charge in [0.15, 0.2) is 5.78 Å². The summed E-state index contributed by atoms with van der Waals surface area (Å²) in [7, 11) is 0. The molecule has 1 aliphatic heterocycles. The van der Waals surface area contributed by atoms with Gasteiger partial charge in [-0.3, -0.25) is 4.79 Å². The molecule has 1 unspecified atom stereocenters. The van der Waals surface area contributed by atoms with Crippen LogP contribution in [-0.2, 0) is 4.79 Å². The Morgan fingerprint density at radius 1 is 1.36 bits per heavy atom. The molecule has 2 rings (SSSR count). The van der Waals surface area contributed by atoms with E-state index in [1.165, 1.54) is 17.8 Å². The fourth-order valence-electron chi connectivity index (χ4n) is 1.57. The number of Topliss-reactive ketones (excluding diaryl/α,β-unsaturated/α-hetero) is 1. The largest absolute Gasteiger partial charge is 0.412 e. The highest BCUT2D eigenvalue weighted by Gasteiger charge is 2.40. The van der Waals surface area contributed by atoms with Crippen LogP contribution in [0.4, 0.5) is 13.2 Å². The third kappa shape index (κ3) is 1.61. The second-order valence-corrected chi connectivity index (χ2v) is 4.32. The number of carbonyl (C=O) groups is 1. The summed E-state index contributed by atoms with van der Waals surface area (Å²) in [6.45, 7) is 0. The second kappa shape index (κ2) is 3.15. The van der Waals surface area contributed by atoms with E-state index in [2.05, 4.69) is 0 Å². The molecule has 1 heterocycles. The van der Waals surface area contributed by atoms with Gasteiger partial charge in [-0.2, -0.15) is 13.2 Å². The quantitative estimate of drug-likeness (QED) is 0.624. The first kappa shape index (κ1) is 9.83. The van der Waals surface area contributed by atoms with Crippen LogP contribution in [0.3, 0.4) is 0 Å². The van der Waals surface area contributed by atoms with Gasteiger partial charge >= 0.3 is 6.18 Å². The van der Waals surface area contributed by atoms with Gasteiger partial charge in [0.2, 0.25) is 0 Å². The highest BCUT2D eigenvalue weighted by molar-refractivity contribution is 8.04. The lowest BCUT2D eigenvalue weighted by atomic mass is 9.91. The summed E-state index contributed by atoms with van der Waals surface area (Å²) in [6, 6.07) is 0. The van der Waals surface area contributed by atoms with E-state index in [0.29, 0.717) is 5.75 Å². The maximum absolute atomic E-state index is 12.3. The molecule has 0 spiro atoms. The van der Waals surface area contributed by atoms with Crippen molar-refractivity contribution in [3.63, 3.8) is 0 Å². The molecular formula is C9H7F3OS. The summed E-state index contributed by atoms with van der Waals surface area (Å²) >= 11 is 1.35. The first-order valence-corrected chi connectivity index (χ1v) is 5.10. The maximum Gasteiger partial charge on any atom is 0.412 e. The normalized spacial score (nSPS) is 27.1. The van der Waals surface area contributed by atoms with E-state index < -0.39 is 17.7 Å². The molecule has 0 saturated carbocycles. The number of thioether (sulfide) groups is 1. The standard InChI is InChI=1S/C9H7F3OS/c10-9(11,12)5-1-2-8-6(3-5)7(13)4-14-8/h1-2,6H,3-4H2. The smallest absolute Gasteiger partial charge is 0.298 e. The van der Waals surface area contributed by atoms with E-state index in [-0.39, 0.29) is 12.2 Å². The minimum absolute atomic E-state index is 0.0869. The van der Waals surface area contributed by atoms with Crippen molar-refractivity contribution in [2.75, 3.05) is 5.75 Å². The monoisotopic (exact) mass is 220 g/mol. The zero-order valence-electron chi connectivity index (χ0n) is 7.10. The number of alkyl halides is 3. The average molecular weight is 220 g/mol. The Bertz CT molecular complexity index is 340. The Labute approximate surface area is 83.0 Å². The topological polar surface area (TPSA) is 17.1 Å². The maximum atomic E-state index is 12.3.